The lowest BCUT2D eigenvalue weighted by molar-refractivity contribution is 0.0459. The van der Waals surface area contributed by atoms with Crippen LogP contribution in [0.1, 0.15) is 25.3 Å². The molecule has 1 aromatic carbocycles. The van der Waals surface area contributed by atoms with E-state index in [1.807, 2.05) is 6.92 Å². The Hall–Kier alpha value is -1.99. The molecule has 118 valence electrons. The topological polar surface area (TPSA) is 82.3 Å². The summed E-state index contributed by atoms with van der Waals surface area (Å²) in [5.74, 6) is 0.778. The highest BCUT2D eigenvalue weighted by atomic mass is 32.2. The second kappa shape index (κ2) is 6.85. The summed E-state index contributed by atoms with van der Waals surface area (Å²) >= 11 is 0. The molecule has 0 spiro atoms. The molecule has 2 rings (SSSR count). The van der Waals surface area contributed by atoms with Crippen LogP contribution in [0.25, 0.3) is 11.4 Å². The number of rotatable bonds is 7. The fraction of sp³-hybridized carbons (Fsp3) is 0.333. The van der Waals surface area contributed by atoms with Crippen molar-refractivity contribution in [1.82, 2.24) is 10.1 Å². The molecule has 0 amide bonds. The van der Waals surface area contributed by atoms with Crippen molar-refractivity contribution in [2.45, 2.75) is 24.3 Å². The van der Waals surface area contributed by atoms with E-state index < -0.39 is 9.84 Å². The number of benzene rings is 1. The quantitative estimate of drug-likeness (QED) is 0.576. The highest BCUT2D eigenvalue weighted by molar-refractivity contribution is 7.90. The number of sulfone groups is 1. The van der Waals surface area contributed by atoms with E-state index in [-0.39, 0.29) is 11.0 Å². The zero-order valence-corrected chi connectivity index (χ0v) is 13.3. The monoisotopic (exact) mass is 322 g/mol. The number of aromatic nitrogens is 2. The normalized spacial score (nSPS) is 13.0. The third kappa shape index (κ3) is 4.02. The van der Waals surface area contributed by atoms with Gasteiger partial charge in [0, 0.05) is 11.8 Å². The van der Waals surface area contributed by atoms with Gasteiger partial charge in [-0.25, -0.2) is 8.42 Å². The number of ether oxygens (including phenoxy) is 1. The van der Waals surface area contributed by atoms with Crippen LogP contribution in [0, 0.1) is 0 Å². The standard InChI is InChI=1S/C15H18N2O4S/c1-4-5-10-20-11(2)15-16-14(17-21-15)12-6-8-13(9-7-12)22(3,18)19/h4,6-9,11H,1,5,10H2,2-3H3/t11-/m0/s1. The molecule has 22 heavy (non-hydrogen) atoms. The minimum atomic E-state index is -3.22. The van der Waals surface area contributed by atoms with Crippen LogP contribution in [0.5, 0.6) is 0 Å². The fourth-order valence-corrected chi connectivity index (χ4v) is 2.40. The van der Waals surface area contributed by atoms with E-state index in [0.29, 0.717) is 23.9 Å². The van der Waals surface area contributed by atoms with Gasteiger partial charge < -0.3 is 9.26 Å². The molecule has 1 aromatic heterocycles. The summed E-state index contributed by atoms with van der Waals surface area (Å²) in [6.45, 7) is 5.98. The molecule has 0 unspecified atom stereocenters. The van der Waals surface area contributed by atoms with E-state index in [0.717, 1.165) is 12.7 Å². The van der Waals surface area contributed by atoms with Gasteiger partial charge >= 0.3 is 0 Å². The summed E-state index contributed by atoms with van der Waals surface area (Å²) in [5.41, 5.74) is 0.681. The van der Waals surface area contributed by atoms with Gasteiger partial charge in [0.05, 0.1) is 11.5 Å². The summed E-state index contributed by atoms with van der Waals surface area (Å²) in [5, 5.41) is 3.89. The molecule has 0 aliphatic carbocycles. The molecule has 0 saturated carbocycles. The molecule has 0 radical (unpaired) electrons. The lowest BCUT2D eigenvalue weighted by Gasteiger charge is -2.06. The van der Waals surface area contributed by atoms with Crippen molar-refractivity contribution >= 4 is 9.84 Å². The SMILES string of the molecule is C=CCCO[C@@H](C)c1nc(-c2ccc(S(C)(=O)=O)cc2)no1. The Morgan fingerprint density at radius 1 is 1.36 bits per heavy atom. The molecule has 6 nitrogen and oxygen atoms in total. The Morgan fingerprint density at radius 3 is 2.64 bits per heavy atom. The second-order valence-electron chi connectivity index (χ2n) is 4.84. The highest BCUT2D eigenvalue weighted by Crippen LogP contribution is 2.22. The molecular weight excluding hydrogens is 304 g/mol. The first kappa shape index (κ1) is 16.4. The summed E-state index contributed by atoms with van der Waals surface area (Å²) in [6, 6.07) is 6.33. The van der Waals surface area contributed by atoms with E-state index in [1.54, 1.807) is 18.2 Å². The molecular formula is C15H18N2O4S. The van der Waals surface area contributed by atoms with Crippen LogP contribution in [0.3, 0.4) is 0 Å². The van der Waals surface area contributed by atoms with E-state index in [1.165, 1.54) is 12.1 Å². The number of nitrogens with zero attached hydrogens (tertiary/aromatic N) is 2. The van der Waals surface area contributed by atoms with Crippen LogP contribution in [0.4, 0.5) is 0 Å². The van der Waals surface area contributed by atoms with Crippen LogP contribution in [0.15, 0.2) is 46.3 Å². The molecule has 7 heteroatoms. The Labute approximate surface area is 129 Å². The van der Waals surface area contributed by atoms with Crippen LogP contribution in [0.2, 0.25) is 0 Å². The smallest absolute Gasteiger partial charge is 0.255 e. The first-order chi connectivity index (χ1) is 10.4. The molecule has 0 N–H and O–H groups in total. The molecule has 2 aromatic rings. The third-order valence-corrected chi connectivity index (χ3v) is 4.15. The predicted molar refractivity (Wildman–Crippen MR) is 82.0 cm³/mol. The van der Waals surface area contributed by atoms with Gasteiger partial charge in [-0.05, 0) is 37.6 Å². The van der Waals surface area contributed by atoms with Crippen molar-refractivity contribution in [2.24, 2.45) is 0 Å². The average Bonchev–Trinajstić information content (AvgIpc) is 2.96. The maximum absolute atomic E-state index is 11.4. The van der Waals surface area contributed by atoms with Crippen LogP contribution < -0.4 is 0 Å². The van der Waals surface area contributed by atoms with Crippen molar-refractivity contribution in [1.29, 1.82) is 0 Å². The van der Waals surface area contributed by atoms with Gasteiger partial charge in [0.15, 0.2) is 9.84 Å². The molecule has 0 fully saturated rings. The van der Waals surface area contributed by atoms with Crippen molar-refractivity contribution in [2.75, 3.05) is 12.9 Å². The molecule has 1 atom stereocenters. The zero-order chi connectivity index (χ0) is 16.2. The van der Waals surface area contributed by atoms with E-state index in [4.69, 9.17) is 9.26 Å². The van der Waals surface area contributed by atoms with E-state index in [2.05, 4.69) is 16.7 Å². The molecule has 0 aliphatic heterocycles. The summed E-state index contributed by atoms with van der Waals surface area (Å²) in [4.78, 5) is 4.52. The second-order valence-corrected chi connectivity index (χ2v) is 6.86. The maximum atomic E-state index is 11.4. The zero-order valence-electron chi connectivity index (χ0n) is 12.5. The van der Waals surface area contributed by atoms with E-state index >= 15 is 0 Å². The van der Waals surface area contributed by atoms with Crippen LogP contribution in [-0.2, 0) is 14.6 Å². The lowest BCUT2D eigenvalue weighted by atomic mass is 10.2. The Bertz CT molecular complexity index is 735. The average molecular weight is 322 g/mol. The Kier molecular flexibility index (Phi) is 5.10. The molecule has 0 bridgehead atoms. The fourth-order valence-electron chi connectivity index (χ4n) is 1.77. The van der Waals surface area contributed by atoms with Crippen molar-refractivity contribution < 1.29 is 17.7 Å². The summed E-state index contributed by atoms with van der Waals surface area (Å²) in [7, 11) is -3.22. The first-order valence-electron chi connectivity index (χ1n) is 6.78. The molecule has 0 saturated heterocycles. The lowest BCUT2D eigenvalue weighted by Crippen LogP contribution is -2.01. The summed E-state index contributed by atoms with van der Waals surface area (Å²) in [6.07, 6.45) is 3.38. The largest absolute Gasteiger partial charge is 0.368 e. The number of hydrogen-bond donors (Lipinski definition) is 0. The van der Waals surface area contributed by atoms with Crippen molar-refractivity contribution in [3.63, 3.8) is 0 Å². The maximum Gasteiger partial charge on any atom is 0.255 e. The minimum Gasteiger partial charge on any atom is -0.368 e. The Balaban J connectivity index is 2.12. The molecule has 1 heterocycles. The summed E-state index contributed by atoms with van der Waals surface area (Å²) < 4.78 is 33.6. The van der Waals surface area contributed by atoms with Gasteiger partial charge in [0.25, 0.3) is 5.89 Å². The van der Waals surface area contributed by atoms with Crippen LogP contribution in [-0.4, -0.2) is 31.4 Å². The van der Waals surface area contributed by atoms with Crippen molar-refractivity contribution in [3.8, 4) is 11.4 Å². The molecule has 0 aliphatic rings. The van der Waals surface area contributed by atoms with Gasteiger partial charge in [-0.1, -0.05) is 11.2 Å². The van der Waals surface area contributed by atoms with Gasteiger partial charge in [0.2, 0.25) is 5.82 Å². The van der Waals surface area contributed by atoms with E-state index in [9.17, 15) is 8.42 Å². The number of hydrogen-bond acceptors (Lipinski definition) is 6. The van der Waals surface area contributed by atoms with Gasteiger partial charge in [0.1, 0.15) is 6.10 Å². The van der Waals surface area contributed by atoms with Gasteiger partial charge in [-0.3, -0.25) is 0 Å². The van der Waals surface area contributed by atoms with Crippen LogP contribution >= 0.6 is 0 Å². The minimum absolute atomic E-state index is 0.251. The third-order valence-electron chi connectivity index (χ3n) is 3.02. The first-order valence-corrected chi connectivity index (χ1v) is 8.67. The van der Waals surface area contributed by atoms with Gasteiger partial charge in [-0.15, -0.1) is 6.58 Å². The van der Waals surface area contributed by atoms with Gasteiger partial charge in [-0.2, -0.15) is 4.98 Å². The Morgan fingerprint density at radius 2 is 2.05 bits per heavy atom. The predicted octanol–water partition coefficient (Wildman–Crippen LogP) is 2.79. The van der Waals surface area contributed by atoms with Crippen molar-refractivity contribution in [3.05, 3.63) is 42.8 Å². The highest BCUT2D eigenvalue weighted by Gasteiger charge is 2.16.